The quantitative estimate of drug-likeness (QED) is 0.660. The van der Waals surface area contributed by atoms with Gasteiger partial charge >= 0.3 is 6.61 Å². The van der Waals surface area contributed by atoms with Crippen molar-refractivity contribution in [3.8, 4) is 5.75 Å². The first-order chi connectivity index (χ1) is 12.5. The Bertz CT molecular complexity index is 702. The molecular weight excluding hydrogens is 338 g/mol. The van der Waals surface area contributed by atoms with E-state index in [0.717, 1.165) is 43.6 Å². The summed E-state index contributed by atoms with van der Waals surface area (Å²) in [6, 6.07) is 6.62. The molecule has 1 aliphatic rings. The molecule has 4 nitrogen and oxygen atoms in total. The fraction of sp³-hybridized carbons (Fsp3) is 0.600. The van der Waals surface area contributed by atoms with Crippen LogP contribution in [-0.2, 0) is 11.2 Å². The number of halogens is 2. The molecule has 0 amide bonds. The van der Waals surface area contributed by atoms with E-state index in [9.17, 15) is 8.78 Å². The Morgan fingerprint density at radius 3 is 2.92 bits per heavy atom. The number of rotatable bonds is 9. The van der Waals surface area contributed by atoms with Gasteiger partial charge in [0.2, 0.25) is 0 Å². The van der Waals surface area contributed by atoms with Crippen molar-refractivity contribution in [1.82, 2.24) is 9.88 Å². The van der Waals surface area contributed by atoms with Crippen LogP contribution in [0.1, 0.15) is 38.7 Å². The summed E-state index contributed by atoms with van der Waals surface area (Å²) < 4.78 is 34.3. The highest BCUT2D eigenvalue weighted by molar-refractivity contribution is 5.84. The maximum atomic E-state index is 12.1. The standard InChI is InChI=1S/C20H28F2N2O2/c1-14(2)26-17-6-7-19-18(12-17)15(13-23-19)11-16-5-3-8-24(16)9-4-10-25-20(21)22/h6-7,12-14,16,20,23H,3-5,8-11H2,1-2H3/t16-/m1/s1. The molecule has 0 unspecified atom stereocenters. The third-order valence-corrected chi connectivity index (χ3v) is 4.90. The van der Waals surface area contributed by atoms with Crippen LogP contribution in [0.25, 0.3) is 10.9 Å². The maximum absolute atomic E-state index is 12.1. The molecule has 26 heavy (non-hydrogen) atoms. The smallest absolute Gasteiger partial charge is 0.345 e. The third kappa shape index (κ3) is 4.95. The molecule has 0 spiro atoms. The minimum Gasteiger partial charge on any atom is -0.491 e. The van der Waals surface area contributed by atoms with Crippen molar-refractivity contribution in [2.75, 3.05) is 19.7 Å². The van der Waals surface area contributed by atoms with Gasteiger partial charge in [0, 0.05) is 29.7 Å². The van der Waals surface area contributed by atoms with Crippen LogP contribution in [0, 0.1) is 0 Å². The Morgan fingerprint density at radius 1 is 1.31 bits per heavy atom. The van der Waals surface area contributed by atoms with Crippen LogP contribution in [0.3, 0.4) is 0 Å². The Morgan fingerprint density at radius 2 is 2.15 bits per heavy atom. The Balaban J connectivity index is 1.63. The van der Waals surface area contributed by atoms with Crippen molar-refractivity contribution < 1.29 is 18.3 Å². The molecule has 1 aromatic carbocycles. The second-order valence-corrected chi connectivity index (χ2v) is 7.21. The Hall–Kier alpha value is -1.66. The van der Waals surface area contributed by atoms with Gasteiger partial charge in [0.25, 0.3) is 0 Å². The number of aromatic nitrogens is 1. The highest BCUT2D eigenvalue weighted by Crippen LogP contribution is 2.28. The van der Waals surface area contributed by atoms with E-state index in [1.165, 1.54) is 10.9 Å². The highest BCUT2D eigenvalue weighted by atomic mass is 19.3. The van der Waals surface area contributed by atoms with E-state index >= 15 is 0 Å². The second-order valence-electron chi connectivity index (χ2n) is 7.21. The molecule has 1 aromatic heterocycles. The third-order valence-electron chi connectivity index (χ3n) is 4.90. The zero-order valence-corrected chi connectivity index (χ0v) is 15.5. The van der Waals surface area contributed by atoms with Gasteiger partial charge in [-0.3, -0.25) is 4.90 Å². The van der Waals surface area contributed by atoms with Crippen LogP contribution in [-0.4, -0.2) is 48.3 Å². The van der Waals surface area contributed by atoms with E-state index in [4.69, 9.17) is 4.74 Å². The van der Waals surface area contributed by atoms with E-state index in [1.807, 2.05) is 19.9 Å². The fourth-order valence-corrected chi connectivity index (χ4v) is 3.79. The maximum Gasteiger partial charge on any atom is 0.345 e. The predicted molar refractivity (Wildman–Crippen MR) is 98.9 cm³/mol. The van der Waals surface area contributed by atoms with Crippen molar-refractivity contribution in [3.05, 3.63) is 30.0 Å². The molecule has 1 atom stereocenters. The van der Waals surface area contributed by atoms with Crippen LogP contribution >= 0.6 is 0 Å². The van der Waals surface area contributed by atoms with Gasteiger partial charge in [-0.2, -0.15) is 8.78 Å². The van der Waals surface area contributed by atoms with Crippen molar-refractivity contribution in [2.24, 2.45) is 0 Å². The molecule has 0 aliphatic carbocycles. The van der Waals surface area contributed by atoms with E-state index in [-0.39, 0.29) is 12.7 Å². The molecule has 144 valence electrons. The van der Waals surface area contributed by atoms with E-state index in [0.29, 0.717) is 12.5 Å². The van der Waals surface area contributed by atoms with Gasteiger partial charge < -0.3 is 14.5 Å². The lowest BCUT2D eigenvalue weighted by atomic mass is 10.0. The number of alkyl halides is 2. The molecule has 3 rings (SSSR count). The van der Waals surface area contributed by atoms with Crippen molar-refractivity contribution in [1.29, 1.82) is 0 Å². The molecule has 1 saturated heterocycles. The summed E-state index contributed by atoms with van der Waals surface area (Å²) in [5.74, 6) is 0.890. The van der Waals surface area contributed by atoms with Crippen LogP contribution in [0.5, 0.6) is 5.75 Å². The number of nitrogens with zero attached hydrogens (tertiary/aromatic N) is 1. The first-order valence-electron chi connectivity index (χ1n) is 9.43. The zero-order valence-electron chi connectivity index (χ0n) is 15.5. The Kier molecular flexibility index (Phi) is 6.48. The normalized spacial score (nSPS) is 18.5. The van der Waals surface area contributed by atoms with Crippen LogP contribution < -0.4 is 4.74 Å². The summed E-state index contributed by atoms with van der Waals surface area (Å²) in [4.78, 5) is 5.75. The van der Waals surface area contributed by atoms with Crippen molar-refractivity contribution >= 4 is 10.9 Å². The van der Waals surface area contributed by atoms with Gasteiger partial charge in [-0.25, -0.2) is 0 Å². The number of nitrogens with one attached hydrogen (secondary N) is 1. The summed E-state index contributed by atoms with van der Waals surface area (Å²) in [5.41, 5.74) is 2.40. The summed E-state index contributed by atoms with van der Waals surface area (Å²) in [6.07, 6.45) is 6.13. The van der Waals surface area contributed by atoms with E-state index in [1.54, 1.807) is 0 Å². The monoisotopic (exact) mass is 366 g/mol. The van der Waals surface area contributed by atoms with Crippen LogP contribution in [0.2, 0.25) is 0 Å². The van der Waals surface area contributed by atoms with Crippen LogP contribution in [0.15, 0.2) is 24.4 Å². The molecule has 1 fully saturated rings. The van der Waals surface area contributed by atoms with E-state index < -0.39 is 6.61 Å². The molecule has 2 heterocycles. The number of H-pyrrole nitrogens is 1. The number of aromatic amines is 1. The number of hydrogen-bond donors (Lipinski definition) is 1. The van der Waals surface area contributed by atoms with Crippen molar-refractivity contribution in [2.45, 2.75) is 58.3 Å². The minimum atomic E-state index is -2.67. The first kappa shape index (κ1) is 19.1. The number of hydrogen-bond acceptors (Lipinski definition) is 3. The number of likely N-dealkylation sites (tertiary alicyclic amines) is 1. The molecule has 1 aliphatic heterocycles. The molecule has 2 aromatic rings. The highest BCUT2D eigenvalue weighted by Gasteiger charge is 2.25. The predicted octanol–water partition coefficient (Wildman–Crippen LogP) is 4.59. The lowest BCUT2D eigenvalue weighted by Gasteiger charge is -2.24. The number of benzene rings is 1. The number of fused-ring (bicyclic) bond motifs is 1. The SMILES string of the molecule is CC(C)Oc1ccc2[nH]cc(C[C@H]3CCCN3CCCOC(F)F)c2c1. The van der Waals surface area contributed by atoms with Gasteiger partial charge in [0.15, 0.2) is 0 Å². The minimum absolute atomic E-state index is 0.115. The fourth-order valence-electron chi connectivity index (χ4n) is 3.79. The van der Waals surface area contributed by atoms with Crippen molar-refractivity contribution in [3.63, 3.8) is 0 Å². The average Bonchev–Trinajstić information content (AvgIpc) is 3.18. The molecule has 0 radical (unpaired) electrons. The second kappa shape index (κ2) is 8.82. The topological polar surface area (TPSA) is 37.5 Å². The van der Waals surface area contributed by atoms with Gasteiger partial charge in [-0.05, 0) is 69.8 Å². The van der Waals surface area contributed by atoms with Gasteiger partial charge in [-0.15, -0.1) is 0 Å². The van der Waals surface area contributed by atoms with Crippen LogP contribution in [0.4, 0.5) is 8.78 Å². The number of ether oxygens (including phenoxy) is 2. The summed E-state index contributed by atoms with van der Waals surface area (Å²) in [6.45, 7) is 3.33. The van der Waals surface area contributed by atoms with Gasteiger partial charge in [-0.1, -0.05) is 0 Å². The molecule has 1 N–H and O–H groups in total. The molecule has 0 saturated carbocycles. The Labute approximate surface area is 153 Å². The summed E-state index contributed by atoms with van der Waals surface area (Å²) in [7, 11) is 0. The average molecular weight is 366 g/mol. The first-order valence-corrected chi connectivity index (χ1v) is 9.43. The van der Waals surface area contributed by atoms with Gasteiger partial charge in [0.05, 0.1) is 12.7 Å². The summed E-state index contributed by atoms with van der Waals surface area (Å²) in [5, 5.41) is 1.20. The largest absolute Gasteiger partial charge is 0.491 e. The van der Waals surface area contributed by atoms with Gasteiger partial charge in [0.1, 0.15) is 5.75 Å². The lowest BCUT2D eigenvalue weighted by molar-refractivity contribution is -0.130. The molecule has 0 bridgehead atoms. The zero-order chi connectivity index (χ0) is 18.5. The summed E-state index contributed by atoms with van der Waals surface area (Å²) >= 11 is 0. The molecular formula is C20H28F2N2O2. The lowest BCUT2D eigenvalue weighted by Crippen LogP contribution is -2.32. The molecule has 6 heteroatoms. The van der Waals surface area contributed by atoms with E-state index in [2.05, 4.69) is 33.0 Å².